The number of hydrogen-bond donors (Lipinski definition) is 0. The zero-order valence-corrected chi connectivity index (χ0v) is 36.8. The number of para-hydroxylation sites is 2. The van der Waals surface area contributed by atoms with Gasteiger partial charge in [0.25, 0.3) is 0 Å². The summed E-state index contributed by atoms with van der Waals surface area (Å²) in [5.74, 6) is 1.78. The van der Waals surface area contributed by atoms with Crippen LogP contribution in [0.2, 0.25) is 0 Å². The Kier molecular flexibility index (Phi) is 8.52. The van der Waals surface area contributed by atoms with Crippen LogP contribution in [0.4, 0.5) is 0 Å². The van der Waals surface area contributed by atoms with Crippen LogP contribution in [0.3, 0.4) is 0 Å². The van der Waals surface area contributed by atoms with Crippen molar-refractivity contribution < 1.29 is 0 Å². The maximum atomic E-state index is 5.37. The Morgan fingerprint density at radius 2 is 0.603 bits per heavy atom. The molecule has 0 aliphatic carbocycles. The molecule has 3 heterocycles. The second-order valence-corrected chi connectivity index (χ2v) is 17.6. The van der Waals surface area contributed by atoms with E-state index in [0.29, 0.717) is 17.6 Å². The number of nitrogens with zero attached hydrogens (tertiary/aromatic N) is 5. The van der Waals surface area contributed by atoms with Crippen LogP contribution in [-0.4, -0.2) is 24.1 Å². The van der Waals surface area contributed by atoms with Crippen LogP contribution in [-0.2, 0) is 0 Å². The van der Waals surface area contributed by atoms with Crippen molar-refractivity contribution in [1.82, 2.24) is 24.1 Å². The molecular formula is C63H39N5. The van der Waals surface area contributed by atoms with Gasteiger partial charge in [0.1, 0.15) is 0 Å². The number of hydrogen-bond acceptors (Lipinski definition) is 3. The summed E-state index contributed by atoms with van der Waals surface area (Å²) in [7, 11) is 0. The van der Waals surface area contributed by atoms with Gasteiger partial charge in [0, 0.05) is 38.4 Å². The van der Waals surface area contributed by atoms with Crippen LogP contribution in [0.25, 0.3) is 133 Å². The molecule has 0 unspecified atom stereocenters. The van der Waals surface area contributed by atoms with Crippen LogP contribution in [0.15, 0.2) is 237 Å². The Bertz CT molecular complexity index is 4250. The Labute approximate surface area is 391 Å². The molecule has 5 nitrogen and oxygen atoms in total. The van der Waals surface area contributed by atoms with Crippen LogP contribution in [0.1, 0.15) is 0 Å². The fourth-order valence-electron chi connectivity index (χ4n) is 10.6. The Hall–Kier alpha value is -9.19. The summed E-state index contributed by atoms with van der Waals surface area (Å²) in [5, 5.41) is 12.2. The molecule has 0 fully saturated rings. The molecule has 0 saturated heterocycles. The molecule has 0 bridgehead atoms. The van der Waals surface area contributed by atoms with Crippen LogP contribution >= 0.6 is 0 Å². The van der Waals surface area contributed by atoms with E-state index >= 15 is 0 Å². The van der Waals surface area contributed by atoms with E-state index in [0.717, 1.165) is 71.7 Å². The Balaban J connectivity index is 0.984. The lowest BCUT2D eigenvalue weighted by atomic mass is 9.92. The van der Waals surface area contributed by atoms with E-state index in [2.05, 4.69) is 221 Å². The van der Waals surface area contributed by atoms with E-state index in [1.54, 1.807) is 0 Å². The summed E-state index contributed by atoms with van der Waals surface area (Å²) in [6.45, 7) is 0. The molecule has 0 atom stereocenters. The van der Waals surface area contributed by atoms with Gasteiger partial charge in [-0.1, -0.05) is 206 Å². The molecule has 3 aromatic heterocycles. The predicted octanol–water partition coefficient (Wildman–Crippen LogP) is 16.2. The Morgan fingerprint density at radius 1 is 0.235 bits per heavy atom. The summed E-state index contributed by atoms with van der Waals surface area (Å²) >= 11 is 0. The standard InChI is InChI=1S/C63H39N5/c1-3-15-40(16-4-1)41-27-29-44(30-28-41)62-64-61(43-17-5-2-6-18-43)65-63(66-62)68-58-26-14-12-24-53(58)55-38-37-54-52-23-11-13-25-57(52)67(59(54)60(55)68)46-34-31-42(32-35-46)45-33-36-51-49-21-8-7-19-47(49)48-20-9-10-22-50(48)56(51)39-45/h1-39H. The first-order valence-electron chi connectivity index (χ1n) is 23.1. The third-order valence-electron chi connectivity index (χ3n) is 13.8. The fraction of sp³-hybridized carbons (Fsp3) is 0. The van der Waals surface area contributed by atoms with Crippen LogP contribution in [0, 0.1) is 0 Å². The molecule has 0 spiro atoms. The molecule has 14 aromatic rings. The van der Waals surface area contributed by atoms with Gasteiger partial charge in [-0.3, -0.25) is 4.57 Å². The average Bonchev–Trinajstić information content (AvgIpc) is 3.94. The summed E-state index contributed by atoms with van der Waals surface area (Å²) in [5.41, 5.74) is 11.8. The van der Waals surface area contributed by atoms with Crippen molar-refractivity contribution >= 4 is 75.9 Å². The van der Waals surface area contributed by atoms with Gasteiger partial charge in [-0.15, -0.1) is 0 Å². The van der Waals surface area contributed by atoms with Gasteiger partial charge < -0.3 is 4.57 Å². The smallest absolute Gasteiger partial charge is 0.238 e. The molecule has 316 valence electrons. The van der Waals surface area contributed by atoms with Crippen molar-refractivity contribution in [1.29, 1.82) is 0 Å². The molecule has 14 rings (SSSR count). The van der Waals surface area contributed by atoms with E-state index in [4.69, 9.17) is 15.0 Å². The van der Waals surface area contributed by atoms with E-state index < -0.39 is 0 Å². The molecule has 0 amide bonds. The van der Waals surface area contributed by atoms with E-state index in [1.807, 2.05) is 24.3 Å². The monoisotopic (exact) mass is 865 g/mol. The fourth-order valence-corrected chi connectivity index (χ4v) is 10.6. The highest BCUT2D eigenvalue weighted by Crippen LogP contribution is 2.43. The van der Waals surface area contributed by atoms with E-state index in [9.17, 15) is 0 Å². The molecule has 68 heavy (non-hydrogen) atoms. The topological polar surface area (TPSA) is 48.5 Å². The summed E-state index contributed by atoms with van der Waals surface area (Å²) in [6.07, 6.45) is 0. The zero-order valence-electron chi connectivity index (χ0n) is 36.8. The molecule has 0 N–H and O–H groups in total. The molecule has 0 aliphatic rings. The molecule has 0 aliphatic heterocycles. The molecule has 0 saturated carbocycles. The van der Waals surface area contributed by atoms with Crippen LogP contribution < -0.4 is 0 Å². The van der Waals surface area contributed by atoms with Crippen molar-refractivity contribution in [3.05, 3.63) is 237 Å². The zero-order chi connectivity index (χ0) is 44.7. The first-order chi connectivity index (χ1) is 33.7. The third-order valence-corrected chi connectivity index (χ3v) is 13.8. The number of fused-ring (bicyclic) bond motifs is 13. The highest BCUT2D eigenvalue weighted by Gasteiger charge is 2.24. The van der Waals surface area contributed by atoms with Crippen molar-refractivity contribution in [2.45, 2.75) is 0 Å². The minimum atomic E-state index is 0.559. The molecule has 0 radical (unpaired) electrons. The quantitative estimate of drug-likeness (QED) is 0.156. The average molecular weight is 866 g/mol. The predicted molar refractivity (Wildman–Crippen MR) is 283 cm³/mol. The van der Waals surface area contributed by atoms with Gasteiger partial charge in [-0.05, 0) is 84.9 Å². The van der Waals surface area contributed by atoms with Gasteiger partial charge in [0.2, 0.25) is 5.95 Å². The van der Waals surface area contributed by atoms with Gasteiger partial charge in [0.15, 0.2) is 11.6 Å². The van der Waals surface area contributed by atoms with E-state index in [1.165, 1.54) is 43.3 Å². The lowest BCUT2D eigenvalue weighted by Gasteiger charge is -2.14. The minimum Gasteiger partial charge on any atom is -0.307 e. The normalized spacial score (nSPS) is 11.8. The second kappa shape index (κ2) is 15.2. The highest BCUT2D eigenvalue weighted by molar-refractivity contribution is 6.26. The number of aromatic nitrogens is 5. The summed E-state index contributed by atoms with van der Waals surface area (Å²) in [6, 6.07) is 84.6. The molecule has 11 aromatic carbocycles. The van der Waals surface area contributed by atoms with Gasteiger partial charge in [0.05, 0.1) is 22.1 Å². The first kappa shape index (κ1) is 38.1. The first-order valence-corrected chi connectivity index (χ1v) is 23.1. The number of rotatable bonds is 6. The van der Waals surface area contributed by atoms with Gasteiger partial charge in [-0.25, -0.2) is 4.98 Å². The maximum absolute atomic E-state index is 5.37. The van der Waals surface area contributed by atoms with Crippen molar-refractivity contribution in [2.75, 3.05) is 0 Å². The second-order valence-electron chi connectivity index (χ2n) is 17.6. The molecule has 5 heteroatoms. The highest BCUT2D eigenvalue weighted by atomic mass is 15.2. The lowest BCUT2D eigenvalue weighted by molar-refractivity contribution is 0.953. The SMILES string of the molecule is c1ccc(-c2ccc(-c3nc(-c4ccccc4)nc(-n4c5ccccc5c5ccc6c7ccccc7n(-c7ccc(-c8ccc9c%10ccccc%10c%10ccccc%10c9c8)cc7)c6c54)n3)cc2)cc1. The van der Waals surface area contributed by atoms with Crippen molar-refractivity contribution in [3.8, 4) is 56.7 Å². The third kappa shape index (κ3) is 5.93. The molecular weight excluding hydrogens is 827 g/mol. The van der Waals surface area contributed by atoms with Crippen molar-refractivity contribution in [3.63, 3.8) is 0 Å². The Morgan fingerprint density at radius 3 is 1.19 bits per heavy atom. The number of benzene rings is 11. The van der Waals surface area contributed by atoms with Crippen LogP contribution in [0.5, 0.6) is 0 Å². The van der Waals surface area contributed by atoms with Crippen molar-refractivity contribution in [2.24, 2.45) is 0 Å². The van der Waals surface area contributed by atoms with E-state index in [-0.39, 0.29) is 0 Å². The minimum absolute atomic E-state index is 0.559. The maximum Gasteiger partial charge on any atom is 0.238 e. The lowest BCUT2D eigenvalue weighted by Crippen LogP contribution is -2.07. The van der Waals surface area contributed by atoms with Gasteiger partial charge in [-0.2, -0.15) is 9.97 Å². The summed E-state index contributed by atoms with van der Waals surface area (Å²) in [4.78, 5) is 15.9. The summed E-state index contributed by atoms with van der Waals surface area (Å²) < 4.78 is 4.69. The largest absolute Gasteiger partial charge is 0.307 e. The van der Waals surface area contributed by atoms with Gasteiger partial charge >= 0.3 is 0 Å².